The lowest BCUT2D eigenvalue weighted by atomic mass is 10.1. The van der Waals surface area contributed by atoms with Crippen molar-refractivity contribution in [2.75, 3.05) is 6.61 Å². The SMILES string of the molecule is Cc1cc(Br)cc(CNC2CC2)c1OCC(C)O. The molecule has 2 N–H and O–H groups in total. The van der Waals surface area contributed by atoms with Gasteiger partial charge in [0.15, 0.2) is 0 Å². The number of halogens is 1. The summed E-state index contributed by atoms with van der Waals surface area (Å²) in [4.78, 5) is 0. The Morgan fingerprint density at radius 1 is 1.50 bits per heavy atom. The molecule has 1 unspecified atom stereocenters. The largest absolute Gasteiger partial charge is 0.490 e. The van der Waals surface area contributed by atoms with E-state index in [1.165, 1.54) is 12.8 Å². The highest BCUT2D eigenvalue weighted by molar-refractivity contribution is 9.10. The van der Waals surface area contributed by atoms with Crippen LogP contribution in [-0.2, 0) is 6.54 Å². The van der Waals surface area contributed by atoms with E-state index in [4.69, 9.17) is 4.74 Å². The number of aliphatic hydroxyl groups is 1. The Morgan fingerprint density at radius 2 is 2.22 bits per heavy atom. The summed E-state index contributed by atoms with van der Waals surface area (Å²) in [6.45, 7) is 4.91. The van der Waals surface area contributed by atoms with Crippen LogP contribution in [0.3, 0.4) is 0 Å². The Kier molecular flexibility index (Phi) is 4.65. The normalized spacial score (nSPS) is 16.7. The maximum absolute atomic E-state index is 9.33. The van der Waals surface area contributed by atoms with E-state index >= 15 is 0 Å². The second-order valence-corrected chi connectivity index (χ2v) is 5.94. The standard InChI is InChI=1S/C14H20BrNO2/c1-9-5-12(15)6-11(7-16-13-3-4-13)14(9)18-8-10(2)17/h5-6,10,13,16-17H,3-4,7-8H2,1-2H3. The van der Waals surface area contributed by atoms with Gasteiger partial charge in [-0.1, -0.05) is 15.9 Å². The summed E-state index contributed by atoms with van der Waals surface area (Å²) >= 11 is 3.52. The molecule has 0 aromatic heterocycles. The molecule has 1 fully saturated rings. The van der Waals surface area contributed by atoms with E-state index in [2.05, 4.69) is 27.3 Å². The van der Waals surface area contributed by atoms with Crippen molar-refractivity contribution in [3.63, 3.8) is 0 Å². The minimum absolute atomic E-state index is 0.332. The van der Waals surface area contributed by atoms with Gasteiger partial charge >= 0.3 is 0 Å². The molecule has 1 aromatic rings. The van der Waals surface area contributed by atoms with Crippen LogP contribution in [0, 0.1) is 6.92 Å². The molecule has 0 aliphatic heterocycles. The molecule has 2 rings (SSSR count). The van der Waals surface area contributed by atoms with Crippen molar-refractivity contribution in [3.8, 4) is 5.75 Å². The molecule has 1 saturated carbocycles. The predicted octanol–water partition coefficient (Wildman–Crippen LogP) is 2.77. The molecule has 4 heteroatoms. The van der Waals surface area contributed by atoms with Crippen LogP contribution in [0.25, 0.3) is 0 Å². The average Bonchev–Trinajstić information content (AvgIpc) is 3.08. The Balaban J connectivity index is 2.11. The topological polar surface area (TPSA) is 41.5 Å². The van der Waals surface area contributed by atoms with Gasteiger partial charge in [-0.2, -0.15) is 0 Å². The summed E-state index contributed by atoms with van der Waals surface area (Å²) in [5, 5.41) is 12.8. The van der Waals surface area contributed by atoms with E-state index in [0.29, 0.717) is 12.6 Å². The van der Waals surface area contributed by atoms with Crippen molar-refractivity contribution in [2.45, 2.75) is 45.4 Å². The van der Waals surface area contributed by atoms with Crippen LogP contribution in [0.5, 0.6) is 5.75 Å². The van der Waals surface area contributed by atoms with Gasteiger partial charge in [-0.15, -0.1) is 0 Å². The second kappa shape index (κ2) is 6.04. The van der Waals surface area contributed by atoms with E-state index in [1.54, 1.807) is 6.92 Å². The number of ether oxygens (including phenoxy) is 1. The molecule has 1 aliphatic rings. The molecule has 1 aliphatic carbocycles. The number of benzene rings is 1. The number of aryl methyl sites for hydroxylation is 1. The summed E-state index contributed by atoms with van der Waals surface area (Å²) in [5.41, 5.74) is 2.24. The van der Waals surface area contributed by atoms with Gasteiger partial charge < -0.3 is 15.2 Å². The molecule has 18 heavy (non-hydrogen) atoms. The summed E-state index contributed by atoms with van der Waals surface area (Å²) in [5.74, 6) is 0.896. The van der Waals surface area contributed by atoms with Gasteiger partial charge in [-0.05, 0) is 44.4 Å². The Hall–Kier alpha value is -0.580. The third-order valence-electron chi connectivity index (χ3n) is 2.94. The van der Waals surface area contributed by atoms with Gasteiger partial charge in [0.2, 0.25) is 0 Å². The highest BCUT2D eigenvalue weighted by Gasteiger charge is 2.21. The molecule has 3 nitrogen and oxygen atoms in total. The van der Waals surface area contributed by atoms with E-state index in [-0.39, 0.29) is 0 Å². The van der Waals surface area contributed by atoms with E-state index < -0.39 is 6.10 Å². The van der Waals surface area contributed by atoms with Crippen LogP contribution in [0.2, 0.25) is 0 Å². The zero-order valence-corrected chi connectivity index (χ0v) is 12.5. The molecular weight excluding hydrogens is 294 g/mol. The monoisotopic (exact) mass is 313 g/mol. The summed E-state index contributed by atoms with van der Waals surface area (Å²) in [6, 6.07) is 4.80. The van der Waals surface area contributed by atoms with E-state index in [0.717, 1.165) is 27.9 Å². The van der Waals surface area contributed by atoms with Crippen molar-refractivity contribution in [3.05, 3.63) is 27.7 Å². The van der Waals surface area contributed by atoms with Gasteiger partial charge in [0.25, 0.3) is 0 Å². The minimum Gasteiger partial charge on any atom is -0.490 e. The predicted molar refractivity (Wildman–Crippen MR) is 75.9 cm³/mol. The molecule has 0 heterocycles. The van der Waals surface area contributed by atoms with Crippen LogP contribution < -0.4 is 10.1 Å². The molecular formula is C14H20BrNO2. The molecule has 1 atom stereocenters. The number of aliphatic hydroxyl groups excluding tert-OH is 1. The fourth-order valence-corrected chi connectivity index (χ4v) is 2.50. The van der Waals surface area contributed by atoms with Crippen molar-refractivity contribution >= 4 is 15.9 Å². The third-order valence-corrected chi connectivity index (χ3v) is 3.40. The Labute approximate surface area is 117 Å². The van der Waals surface area contributed by atoms with Crippen LogP contribution >= 0.6 is 15.9 Å². The Morgan fingerprint density at radius 3 is 2.83 bits per heavy atom. The zero-order valence-electron chi connectivity index (χ0n) is 10.9. The highest BCUT2D eigenvalue weighted by atomic mass is 79.9. The second-order valence-electron chi connectivity index (χ2n) is 5.03. The summed E-state index contributed by atoms with van der Waals surface area (Å²) in [7, 11) is 0. The first-order chi connectivity index (χ1) is 8.56. The number of nitrogens with one attached hydrogen (secondary N) is 1. The van der Waals surface area contributed by atoms with Crippen molar-refractivity contribution in [2.24, 2.45) is 0 Å². The average molecular weight is 314 g/mol. The van der Waals surface area contributed by atoms with Gasteiger partial charge in [-0.3, -0.25) is 0 Å². The van der Waals surface area contributed by atoms with Crippen LogP contribution in [-0.4, -0.2) is 23.9 Å². The first-order valence-corrected chi connectivity index (χ1v) is 7.19. The lowest BCUT2D eigenvalue weighted by molar-refractivity contribution is 0.121. The molecule has 0 saturated heterocycles. The first kappa shape index (κ1) is 13.8. The Bertz CT molecular complexity index is 417. The summed E-state index contributed by atoms with van der Waals surface area (Å²) < 4.78 is 6.79. The fraction of sp³-hybridized carbons (Fsp3) is 0.571. The molecule has 0 amide bonds. The highest BCUT2D eigenvalue weighted by Crippen LogP contribution is 2.29. The van der Waals surface area contributed by atoms with Crippen LogP contribution in [0.15, 0.2) is 16.6 Å². The van der Waals surface area contributed by atoms with Crippen LogP contribution in [0.4, 0.5) is 0 Å². The number of hydrogen-bond acceptors (Lipinski definition) is 3. The van der Waals surface area contributed by atoms with Crippen molar-refractivity contribution < 1.29 is 9.84 Å². The summed E-state index contributed by atoms with van der Waals surface area (Å²) in [6.07, 6.45) is 2.10. The molecule has 0 bridgehead atoms. The van der Waals surface area contributed by atoms with E-state index in [1.807, 2.05) is 13.0 Å². The molecule has 0 spiro atoms. The van der Waals surface area contributed by atoms with Crippen molar-refractivity contribution in [1.82, 2.24) is 5.32 Å². The lowest BCUT2D eigenvalue weighted by Crippen LogP contribution is -2.18. The minimum atomic E-state index is -0.447. The van der Waals surface area contributed by atoms with Crippen molar-refractivity contribution in [1.29, 1.82) is 0 Å². The molecule has 0 radical (unpaired) electrons. The van der Waals surface area contributed by atoms with Gasteiger partial charge in [0.1, 0.15) is 12.4 Å². The maximum atomic E-state index is 9.33. The number of hydrogen-bond donors (Lipinski definition) is 2. The maximum Gasteiger partial charge on any atom is 0.126 e. The van der Waals surface area contributed by atoms with Gasteiger partial charge in [-0.25, -0.2) is 0 Å². The van der Waals surface area contributed by atoms with E-state index in [9.17, 15) is 5.11 Å². The van der Waals surface area contributed by atoms with Crippen LogP contribution in [0.1, 0.15) is 30.9 Å². The molecule has 100 valence electrons. The smallest absolute Gasteiger partial charge is 0.126 e. The molecule has 1 aromatic carbocycles. The third kappa shape index (κ3) is 3.97. The lowest BCUT2D eigenvalue weighted by Gasteiger charge is -2.16. The van der Waals surface area contributed by atoms with Gasteiger partial charge in [0.05, 0.1) is 6.10 Å². The fourth-order valence-electron chi connectivity index (χ4n) is 1.88. The first-order valence-electron chi connectivity index (χ1n) is 6.39. The number of rotatable bonds is 6. The zero-order chi connectivity index (χ0) is 13.1. The quantitative estimate of drug-likeness (QED) is 0.848. The van der Waals surface area contributed by atoms with Gasteiger partial charge in [0, 0.05) is 22.6 Å².